The molecule has 0 rings (SSSR count). The first-order valence-corrected chi connectivity index (χ1v) is 26.5. The molecular weight excluding hydrogens is 750 g/mol. The molecule has 0 aliphatic heterocycles. The van der Waals surface area contributed by atoms with Gasteiger partial charge in [-0.2, -0.15) is 0 Å². The van der Waals surface area contributed by atoms with Crippen molar-refractivity contribution in [2.24, 2.45) is 5.73 Å². The number of carbonyl (C=O) groups excluding carboxylic acids is 2. The second kappa shape index (κ2) is 45.5. The van der Waals surface area contributed by atoms with Crippen molar-refractivity contribution in [2.45, 2.75) is 270 Å². The maximum absolute atomic E-state index is 12.6. The number of carbonyl (C=O) groups is 2. The molecule has 1 unspecified atom stereocenters. The van der Waals surface area contributed by atoms with E-state index >= 15 is 0 Å². The topological polar surface area (TPSA) is 134 Å². The van der Waals surface area contributed by atoms with Gasteiger partial charge in [0.05, 0.1) is 13.2 Å². The van der Waals surface area contributed by atoms with Crippen molar-refractivity contribution in [2.75, 3.05) is 26.4 Å². The highest BCUT2D eigenvalue weighted by Gasteiger charge is 2.26. The average molecular weight is 846 g/mol. The van der Waals surface area contributed by atoms with Crippen LogP contribution < -0.4 is 5.73 Å². The molecule has 0 aliphatic carbocycles. The first kappa shape index (κ1) is 57.0. The SMILES string of the molecule is CCCCCCCCCCCCCCCCCCCCCCCCCC(=O)OC[C@@H](COP(=O)(O)OCCN)OC(=O)CCCCCCCCCCCCCCCC. The van der Waals surface area contributed by atoms with Crippen molar-refractivity contribution in [3.63, 3.8) is 0 Å². The normalized spacial score (nSPS) is 13.1. The Hall–Kier alpha value is -0.990. The molecule has 58 heavy (non-hydrogen) atoms. The Balaban J connectivity index is 3.95. The van der Waals surface area contributed by atoms with Gasteiger partial charge in [0.25, 0.3) is 0 Å². The zero-order chi connectivity index (χ0) is 42.5. The van der Waals surface area contributed by atoms with Crippen LogP contribution in [-0.4, -0.2) is 49.3 Å². The van der Waals surface area contributed by atoms with E-state index in [1.54, 1.807) is 0 Å². The van der Waals surface area contributed by atoms with Crippen LogP contribution in [0.3, 0.4) is 0 Å². The van der Waals surface area contributed by atoms with Crippen LogP contribution >= 0.6 is 7.82 Å². The number of nitrogens with two attached hydrogens (primary N) is 1. The molecule has 0 aromatic heterocycles. The van der Waals surface area contributed by atoms with Crippen LogP contribution in [-0.2, 0) is 32.7 Å². The highest BCUT2D eigenvalue weighted by molar-refractivity contribution is 7.47. The van der Waals surface area contributed by atoms with Gasteiger partial charge >= 0.3 is 19.8 Å². The summed E-state index contributed by atoms with van der Waals surface area (Å²) in [6.45, 7) is 3.79. The van der Waals surface area contributed by atoms with Crippen molar-refractivity contribution in [3.05, 3.63) is 0 Å². The number of phosphoric ester groups is 1. The Morgan fingerprint density at radius 3 is 1.05 bits per heavy atom. The molecule has 0 aliphatic rings. The molecule has 0 radical (unpaired) electrons. The summed E-state index contributed by atoms with van der Waals surface area (Å²) in [5.41, 5.74) is 5.36. The fraction of sp³-hybridized carbons (Fsp3) is 0.958. The number of rotatable bonds is 48. The number of ether oxygens (including phenoxy) is 2. The summed E-state index contributed by atoms with van der Waals surface area (Å²) in [4.78, 5) is 35.0. The predicted molar refractivity (Wildman–Crippen MR) is 243 cm³/mol. The molecule has 3 N–H and O–H groups in total. The maximum atomic E-state index is 12.6. The Morgan fingerprint density at radius 2 is 0.741 bits per heavy atom. The van der Waals surface area contributed by atoms with E-state index in [1.165, 1.54) is 199 Å². The van der Waals surface area contributed by atoms with Crippen LogP contribution in [0.5, 0.6) is 0 Å². The highest BCUT2D eigenvalue weighted by atomic mass is 31.2. The molecule has 9 nitrogen and oxygen atoms in total. The third-order valence-electron chi connectivity index (χ3n) is 11.2. The molecule has 0 fully saturated rings. The third kappa shape index (κ3) is 44.6. The lowest BCUT2D eigenvalue weighted by Gasteiger charge is -2.19. The Labute approximate surface area is 358 Å². The number of unbranched alkanes of at least 4 members (excludes halogenated alkanes) is 35. The molecule has 0 aromatic carbocycles. The van der Waals surface area contributed by atoms with E-state index in [9.17, 15) is 19.0 Å². The summed E-state index contributed by atoms with van der Waals surface area (Å²) >= 11 is 0. The second-order valence-electron chi connectivity index (χ2n) is 17.1. The molecule has 0 spiro atoms. The predicted octanol–water partition coefficient (Wildman–Crippen LogP) is 14.8. The molecule has 0 heterocycles. The fourth-order valence-corrected chi connectivity index (χ4v) is 8.29. The summed E-state index contributed by atoms with van der Waals surface area (Å²) in [6, 6.07) is 0. The summed E-state index contributed by atoms with van der Waals surface area (Å²) in [7, 11) is -4.37. The first-order chi connectivity index (χ1) is 28.3. The molecule has 0 saturated carbocycles. The summed E-state index contributed by atoms with van der Waals surface area (Å²) in [5, 5.41) is 0. The maximum Gasteiger partial charge on any atom is 0.472 e. The summed E-state index contributed by atoms with van der Waals surface area (Å²) in [6.07, 6.45) is 47.1. The van der Waals surface area contributed by atoms with Crippen LogP contribution in [0.2, 0.25) is 0 Å². The number of hydrogen-bond acceptors (Lipinski definition) is 8. The molecule has 0 amide bonds. The smallest absolute Gasteiger partial charge is 0.462 e. The fourth-order valence-electron chi connectivity index (χ4n) is 7.52. The Morgan fingerprint density at radius 1 is 0.448 bits per heavy atom. The molecule has 0 saturated heterocycles. The van der Waals surface area contributed by atoms with Crippen molar-refractivity contribution in [1.29, 1.82) is 0 Å². The van der Waals surface area contributed by atoms with Crippen LogP contribution in [0.15, 0.2) is 0 Å². The van der Waals surface area contributed by atoms with Crippen LogP contribution in [0.1, 0.15) is 264 Å². The Bertz CT molecular complexity index is 922. The van der Waals surface area contributed by atoms with E-state index in [0.717, 1.165) is 32.1 Å². The van der Waals surface area contributed by atoms with Crippen molar-refractivity contribution >= 4 is 19.8 Å². The number of esters is 2. The minimum atomic E-state index is -4.37. The van der Waals surface area contributed by atoms with Crippen LogP contribution in [0, 0.1) is 0 Å². The highest BCUT2D eigenvalue weighted by Crippen LogP contribution is 2.43. The van der Waals surface area contributed by atoms with Crippen LogP contribution in [0.4, 0.5) is 0 Å². The van der Waals surface area contributed by atoms with Gasteiger partial charge in [-0.25, -0.2) is 4.57 Å². The van der Waals surface area contributed by atoms with Crippen molar-refractivity contribution in [1.82, 2.24) is 0 Å². The largest absolute Gasteiger partial charge is 0.472 e. The standard InChI is InChI=1S/C48H96NO8P/c1-3-5-7-9-11-13-15-17-19-20-21-22-23-24-25-26-27-29-30-32-34-36-38-40-47(50)54-44-46(45-56-58(52,53)55-43-42-49)57-48(51)41-39-37-35-33-31-28-18-16-14-12-10-8-6-4-2/h46H,3-45,49H2,1-2H3,(H,52,53)/t46-/m0/s1. The summed E-state index contributed by atoms with van der Waals surface area (Å²) < 4.78 is 32.9. The van der Waals surface area contributed by atoms with E-state index in [-0.39, 0.29) is 38.6 Å². The van der Waals surface area contributed by atoms with E-state index in [1.807, 2.05) is 0 Å². The molecular formula is C48H96NO8P. The van der Waals surface area contributed by atoms with Gasteiger partial charge < -0.3 is 20.1 Å². The lowest BCUT2D eigenvalue weighted by Crippen LogP contribution is -2.29. The molecule has 10 heteroatoms. The van der Waals surface area contributed by atoms with Gasteiger partial charge in [-0.05, 0) is 12.8 Å². The zero-order valence-corrected chi connectivity index (χ0v) is 39.2. The van der Waals surface area contributed by atoms with E-state index in [2.05, 4.69) is 13.8 Å². The van der Waals surface area contributed by atoms with Gasteiger partial charge in [-0.1, -0.05) is 239 Å². The molecule has 2 atom stereocenters. The van der Waals surface area contributed by atoms with E-state index in [4.69, 9.17) is 24.3 Å². The minimum Gasteiger partial charge on any atom is -0.462 e. The van der Waals surface area contributed by atoms with Crippen LogP contribution in [0.25, 0.3) is 0 Å². The third-order valence-corrected chi connectivity index (χ3v) is 12.2. The quantitative estimate of drug-likeness (QED) is 0.0349. The average Bonchev–Trinajstić information content (AvgIpc) is 3.21. The lowest BCUT2D eigenvalue weighted by atomic mass is 10.0. The van der Waals surface area contributed by atoms with E-state index in [0.29, 0.717) is 6.42 Å². The van der Waals surface area contributed by atoms with E-state index < -0.39 is 26.5 Å². The molecule has 0 bridgehead atoms. The van der Waals surface area contributed by atoms with Gasteiger partial charge in [0.2, 0.25) is 0 Å². The monoisotopic (exact) mass is 846 g/mol. The van der Waals surface area contributed by atoms with Gasteiger partial charge in [0.1, 0.15) is 6.61 Å². The van der Waals surface area contributed by atoms with Gasteiger partial charge in [-0.15, -0.1) is 0 Å². The molecule has 0 aromatic rings. The zero-order valence-electron chi connectivity index (χ0n) is 38.3. The number of hydrogen-bond donors (Lipinski definition) is 2. The van der Waals surface area contributed by atoms with Gasteiger partial charge in [0.15, 0.2) is 6.10 Å². The van der Waals surface area contributed by atoms with Crippen molar-refractivity contribution in [3.8, 4) is 0 Å². The Kier molecular flexibility index (Phi) is 44.8. The minimum absolute atomic E-state index is 0.0583. The number of phosphoric acid groups is 1. The van der Waals surface area contributed by atoms with Crippen molar-refractivity contribution < 1.29 is 37.6 Å². The van der Waals surface area contributed by atoms with Gasteiger partial charge in [-0.3, -0.25) is 18.6 Å². The first-order valence-electron chi connectivity index (χ1n) is 25.0. The lowest BCUT2D eigenvalue weighted by molar-refractivity contribution is -0.161. The second-order valence-corrected chi connectivity index (χ2v) is 18.5. The van der Waals surface area contributed by atoms with Gasteiger partial charge in [0, 0.05) is 19.4 Å². The summed E-state index contributed by atoms with van der Waals surface area (Å²) in [5.74, 6) is -0.808. The molecule has 346 valence electrons.